The van der Waals surface area contributed by atoms with Crippen molar-refractivity contribution in [2.75, 3.05) is 0 Å². The molecule has 0 unspecified atom stereocenters. The zero-order chi connectivity index (χ0) is 14.6. The van der Waals surface area contributed by atoms with Crippen molar-refractivity contribution < 1.29 is 33.8 Å². The Kier molecular flexibility index (Phi) is 3.46. The van der Waals surface area contributed by atoms with Crippen LogP contribution in [0.4, 0.5) is 30.7 Å². The van der Waals surface area contributed by atoms with Crippen molar-refractivity contribution in [2.24, 2.45) is 0 Å². The summed E-state index contributed by atoms with van der Waals surface area (Å²) in [5.74, 6) is -1.22. The minimum absolute atomic E-state index is 0.177. The summed E-state index contributed by atoms with van der Waals surface area (Å²) in [4.78, 5) is 0. The third kappa shape index (κ3) is 2.09. The molecule has 1 aromatic rings. The van der Waals surface area contributed by atoms with E-state index in [4.69, 9.17) is 8.91 Å². The molecule has 0 aliphatic carbocycles. The number of rotatable bonds is 0. The van der Waals surface area contributed by atoms with Crippen LogP contribution < -0.4 is 0 Å². The molecular weight excluding hydrogens is 419 g/mol. The Morgan fingerprint density at radius 3 is 2.05 bits per heavy atom. The first kappa shape index (κ1) is 15.1. The summed E-state index contributed by atoms with van der Waals surface area (Å²) in [6.45, 7) is 0. The van der Waals surface area contributed by atoms with E-state index in [2.05, 4.69) is 3.07 Å². The minimum atomic E-state index is -5.78. The Morgan fingerprint density at radius 1 is 1.05 bits per heavy atom. The number of hydrogen-bond donors (Lipinski definition) is 0. The molecule has 0 spiro atoms. The third-order valence-corrected chi connectivity index (χ3v) is 6.77. The Balaban J connectivity index is 2.78. The molecule has 0 amide bonds. The quantitative estimate of drug-likeness (QED) is 0.426. The molecule has 2 rings (SSSR count). The first-order valence-corrected chi connectivity index (χ1v) is 9.19. The predicted octanol–water partition coefficient (Wildman–Crippen LogP) is 4.92. The van der Waals surface area contributed by atoms with Crippen LogP contribution in [-0.2, 0) is 8.67 Å². The van der Waals surface area contributed by atoms with Gasteiger partial charge in [0.25, 0.3) is 0 Å². The van der Waals surface area contributed by atoms with Crippen molar-refractivity contribution in [2.45, 2.75) is 18.0 Å². The van der Waals surface area contributed by atoms with E-state index >= 15 is 0 Å². The van der Waals surface area contributed by atoms with E-state index in [-0.39, 0.29) is 6.07 Å². The average molecular weight is 422 g/mol. The van der Waals surface area contributed by atoms with Crippen LogP contribution in [-0.4, -0.2) is 12.4 Å². The molecule has 0 aromatic heterocycles. The molecule has 1 heterocycles. The van der Waals surface area contributed by atoms with E-state index in [1.807, 2.05) is 0 Å². The molecule has 108 valence electrons. The summed E-state index contributed by atoms with van der Waals surface area (Å²) in [6, 6.07) is 1.73. The van der Waals surface area contributed by atoms with E-state index in [1.165, 1.54) is 0 Å². The Bertz CT molecular complexity index is 498. The number of hydrogen-bond acceptors (Lipinski definition) is 1. The number of halogens is 9. The van der Waals surface area contributed by atoms with Crippen molar-refractivity contribution >= 4 is 28.0 Å². The summed E-state index contributed by atoms with van der Waals surface area (Å²) in [5.41, 5.74) is -5.84. The van der Waals surface area contributed by atoms with Crippen molar-refractivity contribution in [3.05, 3.63) is 33.1 Å². The van der Waals surface area contributed by atoms with E-state index in [1.54, 1.807) is 0 Å². The third-order valence-electron chi connectivity index (χ3n) is 2.45. The van der Waals surface area contributed by atoms with Gasteiger partial charge in [-0.1, -0.05) is 0 Å². The van der Waals surface area contributed by atoms with Crippen molar-refractivity contribution in [3.8, 4) is 0 Å². The van der Waals surface area contributed by atoms with Crippen LogP contribution in [0.15, 0.2) is 18.2 Å². The molecule has 0 fully saturated rings. The summed E-state index contributed by atoms with van der Waals surface area (Å²) >= 11 is -3.61. The summed E-state index contributed by atoms with van der Waals surface area (Å²) in [7, 11) is 5.50. The fourth-order valence-corrected chi connectivity index (χ4v) is 6.07. The van der Waals surface area contributed by atoms with Crippen LogP contribution in [0.2, 0.25) is 0 Å². The SMILES string of the molecule is Fc1ccc2c(c1)C(C(F)(F)F)(C(F)(F)F)OI2Cl. The fraction of sp³-hybridized carbons (Fsp3) is 0.333. The molecule has 0 saturated heterocycles. The summed E-state index contributed by atoms with van der Waals surface area (Å²) in [6.07, 6.45) is -11.6. The van der Waals surface area contributed by atoms with Crippen molar-refractivity contribution in [3.63, 3.8) is 0 Å². The average Bonchev–Trinajstić information content (AvgIpc) is 2.51. The van der Waals surface area contributed by atoms with Gasteiger partial charge in [-0.25, -0.2) is 0 Å². The summed E-state index contributed by atoms with van der Waals surface area (Å²) < 4.78 is 94.1. The fourth-order valence-electron chi connectivity index (χ4n) is 1.64. The first-order valence-electron chi connectivity index (χ1n) is 4.50. The van der Waals surface area contributed by atoms with Crippen LogP contribution in [0, 0.1) is 9.39 Å². The number of fused-ring (bicyclic) bond motifs is 1. The normalized spacial score (nSPS) is 20.5. The molecule has 0 bridgehead atoms. The molecule has 19 heavy (non-hydrogen) atoms. The summed E-state index contributed by atoms with van der Waals surface area (Å²) in [5, 5.41) is 0. The monoisotopic (exact) mass is 422 g/mol. The Hall–Kier alpha value is -0.290. The van der Waals surface area contributed by atoms with Gasteiger partial charge in [0.15, 0.2) is 0 Å². The standard InChI is InChI=1S/C9H3ClF7IO/c10-18-6-2-1-4(11)3-5(6)7(19-18,8(12,13)14)9(15,16)17/h1-3H. The molecule has 0 atom stereocenters. The van der Waals surface area contributed by atoms with Gasteiger partial charge in [-0.05, 0) is 0 Å². The van der Waals surface area contributed by atoms with Crippen LogP contribution in [0.1, 0.15) is 5.56 Å². The van der Waals surface area contributed by atoms with Crippen LogP contribution in [0.5, 0.6) is 0 Å². The van der Waals surface area contributed by atoms with Crippen LogP contribution in [0.25, 0.3) is 0 Å². The molecule has 1 nitrogen and oxygen atoms in total. The van der Waals surface area contributed by atoms with Gasteiger partial charge in [0.1, 0.15) is 0 Å². The maximum absolute atomic E-state index is 13.0. The zero-order valence-corrected chi connectivity index (χ0v) is 11.5. The van der Waals surface area contributed by atoms with Gasteiger partial charge in [0, 0.05) is 0 Å². The second-order valence-electron chi connectivity index (χ2n) is 3.58. The van der Waals surface area contributed by atoms with Gasteiger partial charge in [-0.3, -0.25) is 0 Å². The van der Waals surface area contributed by atoms with Crippen molar-refractivity contribution in [1.82, 2.24) is 0 Å². The second kappa shape index (κ2) is 4.35. The molecule has 10 heteroatoms. The molecule has 0 saturated carbocycles. The van der Waals surface area contributed by atoms with E-state index in [0.717, 1.165) is 12.1 Å². The van der Waals surface area contributed by atoms with Gasteiger partial charge in [0.05, 0.1) is 0 Å². The van der Waals surface area contributed by atoms with Crippen LogP contribution >= 0.6 is 28.0 Å². The molecule has 1 aromatic carbocycles. The van der Waals surface area contributed by atoms with Gasteiger partial charge in [-0.2, -0.15) is 0 Å². The van der Waals surface area contributed by atoms with Gasteiger partial charge >= 0.3 is 113 Å². The Morgan fingerprint density at radius 2 is 1.58 bits per heavy atom. The predicted molar refractivity (Wildman–Crippen MR) is 59.8 cm³/mol. The molecule has 1 aliphatic rings. The Labute approximate surface area is 113 Å². The first-order chi connectivity index (χ1) is 8.50. The topological polar surface area (TPSA) is 9.23 Å². The second-order valence-corrected chi connectivity index (χ2v) is 8.11. The molecular formula is C9H3ClF7IO. The molecule has 1 aliphatic heterocycles. The van der Waals surface area contributed by atoms with E-state index < -0.39 is 52.0 Å². The van der Waals surface area contributed by atoms with Gasteiger partial charge in [-0.15, -0.1) is 0 Å². The molecule has 0 N–H and O–H groups in total. The maximum atomic E-state index is 13.0. The zero-order valence-electron chi connectivity index (χ0n) is 8.54. The van der Waals surface area contributed by atoms with Crippen molar-refractivity contribution in [1.29, 1.82) is 0 Å². The van der Waals surface area contributed by atoms with Gasteiger partial charge < -0.3 is 0 Å². The number of benzene rings is 1. The van der Waals surface area contributed by atoms with E-state index in [9.17, 15) is 30.7 Å². The molecule has 0 radical (unpaired) electrons. The van der Waals surface area contributed by atoms with E-state index in [0.29, 0.717) is 0 Å². The number of alkyl halides is 6. The van der Waals surface area contributed by atoms with Crippen LogP contribution in [0.3, 0.4) is 0 Å². The van der Waals surface area contributed by atoms with Gasteiger partial charge in [0.2, 0.25) is 0 Å².